The van der Waals surface area contributed by atoms with Gasteiger partial charge in [-0.1, -0.05) is 21.6 Å². The van der Waals surface area contributed by atoms with Crippen LogP contribution in [0.25, 0.3) is 0 Å². The molecule has 0 spiro atoms. The van der Waals surface area contributed by atoms with Gasteiger partial charge in [0.25, 0.3) is 0 Å². The Morgan fingerprint density at radius 1 is 1.75 bits per heavy atom. The monoisotopic (exact) mass is 91.0 g/mol. The van der Waals surface area contributed by atoms with Gasteiger partial charge >= 0.3 is 0 Å². The summed E-state index contributed by atoms with van der Waals surface area (Å²) in [6.45, 7) is 0. The van der Waals surface area contributed by atoms with Crippen LogP contribution in [0.5, 0.6) is 0 Å². The Morgan fingerprint density at radius 2 is 2.00 bits per heavy atom. The van der Waals surface area contributed by atoms with E-state index in [2.05, 4.69) is 5.75 Å². The lowest BCUT2D eigenvalue weighted by atomic mass is 11.0. The summed E-state index contributed by atoms with van der Waals surface area (Å²) in [4.78, 5) is 0. The highest BCUT2D eigenvalue weighted by atomic mass is 33.1. The van der Waals surface area contributed by atoms with E-state index in [0.29, 0.717) is 0 Å². The largest absolute Gasteiger partial charge is 0.0926 e. The molecule has 4 heavy (non-hydrogen) atoms. The summed E-state index contributed by atoms with van der Waals surface area (Å²) in [5, 5.41) is 0. The zero-order chi connectivity index (χ0) is 2.83. The fraction of sp³-hybridized carbons (Fsp3) is 0.500. The van der Waals surface area contributed by atoms with Gasteiger partial charge in [-0.05, 0) is 0 Å². The molecule has 0 aromatic rings. The van der Waals surface area contributed by atoms with Gasteiger partial charge in [0.2, 0.25) is 0 Å². The van der Waals surface area contributed by atoms with Crippen molar-refractivity contribution in [3.63, 3.8) is 0 Å². The van der Waals surface area contributed by atoms with E-state index in [-0.39, 0.29) is 0 Å². The molecule has 1 aliphatic heterocycles. The van der Waals surface area contributed by atoms with Crippen LogP contribution in [-0.4, -0.2) is 5.75 Å². The van der Waals surface area contributed by atoms with Crippen molar-refractivity contribution >= 4 is 21.6 Å². The smallest absolute Gasteiger partial charge is 0.0385 e. The van der Waals surface area contributed by atoms with E-state index in [0.717, 1.165) is 0 Å². The molecule has 0 bridgehead atoms. The lowest BCUT2D eigenvalue weighted by Crippen LogP contribution is -1.77. The van der Waals surface area contributed by atoms with Crippen molar-refractivity contribution in [2.24, 2.45) is 0 Å². The summed E-state index contributed by atoms with van der Waals surface area (Å²) in [5.41, 5.74) is 0. The van der Waals surface area contributed by atoms with Crippen LogP contribution in [-0.2, 0) is 0 Å². The molecule has 0 aromatic carbocycles. The maximum Gasteiger partial charge on any atom is 0.0385 e. The second kappa shape index (κ2) is 1.22. The second-order valence-electron chi connectivity index (χ2n) is 0.547. The summed E-state index contributed by atoms with van der Waals surface area (Å²) in [7, 11) is 3.73. The molecule has 1 aliphatic rings. The first kappa shape index (κ1) is 2.91. The van der Waals surface area contributed by atoms with Crippen molar-refractivity contribution in [1.82, 2.24) is 0 Å². The molecule has 1 radical (unpaired) electrons. The van der Waals surface area contributed by atoms with Crippen LogP contribution in [0.15, 0.2) is 0 Å². The molecule has 23 valence electrons. The lowest BCUT2D eigenvalue weighted by Gasteiger charge is -2.03. The Kier molecular flexibility index (Phi) is 0.889. The van der Waals surface area contributed by atoms with Gasteiger partial charge in [-0.25, -0.2) is 0 Å². The van der Waals surface area contributed by atoms with E-state index in [4.69, 9.17) is 0 Å². The molecule has 0 amide bonds. The van der Waals surface area contributed by atoms with Gasteiger partial charge in [0.1, 0.15) is 0 Å². The molecule has 0 unspecified atom stereocenters. The summed E-state index contributed by atoms with van der Waals surface area (Å²) in [6.07, 6.45) is 0. The fourth-order valence-electron chi connectivity index (χ4n) is 0.0680. The molecular weight excluding hydrogens is 88.2 g/mol. The molecule has 1 heterocycles. The second-order valence-corrected chi connectivity index (χ2v) is 2.93. The Morgan fingerprint density at radius 3 is 2.00 bits per heavy atom. The first-order valence-electron chi connectivity index (χ1n) is 1.10. The van der Waals surface area contributed by atoms with Crippen molar-refractivity contribution in [1.29, 1.82) is 0 Å². The highest BCUT2D eigenvalue weighted by molar-refractivity contribution is 8.80. The Balaban J connectivity index is 2.00. The molecule has 2 heteroatoms. The standard InChI is InChI=1S/C2H3S2/c1-2-4-3-1/h1H,2H2. The van der Waals surface area contributed by atoms with E-state index in [1.807, 2.05) is 21.6 Å². The van der Waals surface area contributed by atoms with E-state index in [9.17, 15) is 0 Å². The lowest BCUT2D eigenvalue weighted by molar-refractivity contribution is 1.76. The number of hydrogen-bond acceptors (Lipinski definition) is 2. The molecule has 0 atom stereocenters. The van der Waals surface area contributed by atoms with Gasteiger partial charge in [-0.3, -0.25) is 0 Å². The zero-order valence-corrected chi connectivity index (χ0v) is 3.73. The third kappa shape index (κ3) is 0.353. The summed E-state index contributed by atoms with van der Waals surface area (Å²) in [6, 6.07) is 0. The van der Waals surface area contributed by atoms with E-state index >= 15 is 0 Å². The van der Waals surface area contributed by atoms with Crippen molar-refractivity contribution in [2.75, 3.05) is 5.75 Å². The van der Waals surface area contributed by atoms with Crippen molar-refractivity contribution in [2.45, 2.75) is 0 Å². The molecule has 0 nitrogen and oxygen atoms in total. The maximum absolute atomic E-state index is 2.19. The highest BCUT2D eigenvalue weighted by Crippen LogP contribution is 2.36. The minimum Gasteiger partial charge on any atom is -0.0926 e. The molecule has 1 fully saturated rings. The SMILES string of the molecule is [CH]1CSS1. The first-order valence-corrected chi connectivity index (χ1v) is 3.48. The zero-order valence-electron chi connectivity index (χ0n) is 2.10. The first-order chi connectivity index (χ1) is 2.00. The predicted octanol–water partition coefficient (Wildman–Crippen LogP) is 1.54. The van der Waals surface area contributed by atoms with Crippen LogP contribution in [0.3, 0.4) is 0 Å². The van der Waals surface area contributed by atoms with E-state index in [1.165, 1.54) is 5.75 Å². The summed E-state index contributed by atoms with van der Waals surface area (Å²) in [5.74, 6) is 3.44. The van der Waals surface area contributed by atoms with Gasteiger partial charge in [0.15, 0.2) is 0 Å². The molecule has 0 aromatic heterocycles. The molecule has 0 saturated carbocycles. The molecule has 0 N–H and O–H groups in total. The Bertz CT molecular complexity index is 12.0. The highest BCUT2D eigenvalue weighted by Gasteiger charge is 1.97. The van der Waals surface area contributed by atoms with Gasteiger partial charge in [-0.2, -0.15) is 0 Å². The van der Waals surface area contributed by atoms with E-state index in [1.54, 1.807) is 0 Å². The van der Waals surface area contributed by atoms with Gasteiger partial charge in [-0.15, -0.1) is 0 Å². The topological polar surface area (TPSA) is 0 Å². The van der Waals surface area contributed by atoms with Crippen molar-refractivity contribution < 1.29 is 0 Å². The maximum atomic E-state index is 2.19. The number of rotatable bonds is 0. The van der Waals surface area contributed by atoms with Gasteiger partial charge in [0.05, 0.1) is 0 Å². The van der Waals surface area contributed by atoms with E-state index < -0.39 is 0 Å². The third-order valence-electron chi connectivity index (χ3n) is 0.272. The minimum absolute atomic E-state index is 1.25. The van der Waals surface area contributed by atoms with Crippen molar-refractivity contribution in [3.05, 3.63) is 5.75 Å². The van der Waals surface area contributed by atoms with Gasteiger partial charge < -0.3 is 0 Å². The Hall–Kier alpha value is 0.700. The van der Waals surface area contributed by atoms with Crippen LogP contribution in [0.1, 0.15) is 0 Å². The quantitative estimate of drug-likeness (QED) is 0.415. The van der Waals surface area contributed by atoms with Gasteiger partial charge in [0, 0.05) is 11.5 Å². The fourth-order valence-corrected chi connectivity index (χ4v) is 0.612. The normalized spacial score (nSPS) is 24.0. The molecule has 0 aliphatic carbocycles. The van der Waals surface area contributed by atoms with Crippen molar-refractivity contribution in [3.8, 4) is 0 Å². The van der Waals surface area contributed by atoms with Crippen LogP contribution in [0, 0.1) is 5.75 Å². The average molecular weight is 91.2 g/mol. The van der Waals surface area contributed by atoms with Crippen LogP contribution in [0.4, 0.5) is 0 Å². The van der Waals surface area contributed by atoms with Crippen LogP contribution >= 0.6 is 21.6 Å². The molecule has 1 rings (SSSR count). The van der Waals surface area contributed by atoms with Crippen LogP contribution < -0.4 is 0 Å². The number of hydrogen-bond donors (Lipinski definition) is 0. The Labute approximate surface area is 33.7 Å². The predicted molar refractivity (Wildman–Crippen MR) is 24.3 cm³/mol. The molecular formula is C2H3S2. The summed E-state index contributed by atoms with van der Waals surface area (Å²) < 4.78 is 0. The summed E-state index contributed by atoms with van der Waals surface area (Å²) >= 11 is 0. The minimum atomic E-state index is 1.25. The average Bonchev–Trinajstić information content (AvgIpc) is 0.722. The molecule has 1 saturated heterocycles. The third-order valence-corrected chi connectivity index (χ3v) is 2.45. The van der Waals surface area contributed by atoms with Crippen LogP contribution in [0.2, 0.25) is 0 Å².